The number of ether oxygens (including phenoxy) is 1. The predicted octanol–water partition coefficient (Wildman–Crippen LogP) is 5.20. The molecule has 0 bridgehead atoms. The maximum atomic E-state index is 5.92. The van der Waals surface area contributed by atoms with Crippen LogP contribution in [0.25, 0.3) is 20.4 Å². The first kappa shape index (κ1) is 15.4. The molecule has 0 aliphatic carbocycles. The molecule has 2 heterocycles. The largest absolute Gasteiger partial charge is 0.372 e. The van der Waals surface area contributed by atoms with Gasteiger partial charge in [-0.3, -0.25) is 0 Å². The van der Waals surface area contributed by atoms with E-state index in [-0.39, 0.29) is 0 Å². The van der Waals surface area contributed by atoms with Gasteiger partial charge in [-0.1, -0.05) is 24.3 Å². The molecule has 0 aliphatic rings. The summed E-state index contributed by atoms with van der Waals surface area (Å²) in [5.74, 6) is 0. The molecule has 4 aromatic rings. The van der Waals surface area contributed by atoms with Crippen molar-refractivity contribution >= 4 is 68.4 Å². The molecule has 0 saturated carbocycles. The van der Waals surface area contributed by atoms with E-state index in [0.29, 0.717) is 13.2 Å². The number of hydrogen-bond donors (Lipinski definition) is 2. The van der Waals surface area contributed by atoms with Crippen LogP contribution in [0.15, 0.2) is 45.1 Å². The zero-order valence-electron chi connectivity index (χ0n) is 11.9. The number of hydrogen-bond acceptors (Lipinski definition) is 7. The number of thiol groups is 2. The van der Waals surface area contributed by atoms with Crippen LogP contribution in [0.2, 0.25) is 0 Å². The van der Waals surface area contributed by atoms with E-state index in [4.69, 9.17) is 4.74 Å². The Kier molecular flexibility index (Phi) is 4.29. The number of thiazole rings is 2. The van der Waals surface area contributed by atoms with Crippen LogP contribution >= 0.6 is 47.9 Å². The van der Waals surface area contributed by atoms with E-state index in [2.05, 4.69) is 47.4 Å². The molecule has 0 unspecified atom stereocenters. The number of rotatable bonds is 4. The Balaban J connectivity index is 1.54. The Morgan fingerprint density at radius 1 is 0.783 bits per heavy atom. The fourth-order valence-electron chi connectivity index (χ4n) is 2.49. The Hall–Kier alpha value is -1.12. The predicted molar refractivity (Wildman–Crippen MR) is 102 cm³/mol. The van der Waals surface area contributed by atoms with Gasteiger partial charge < -0.3 is 4.74 Å². The molecule has 3 nitrogen and oxygen atoms in total. The van der Waals surface area contributed by atoms with Crippen molar-refractivity contribution in [1.29, 1.82) is 0 Å². The molecule has 0 atom stereocenters. The zero-order valence-corrected chi connectivity index (χ0v) is 15.3. The molecule has 2 aromatic carbocycles. The van der Waals surface area contributed by atoms with Crippen molar-refractivity contribution in [3.8, 4) is 0 Å². The van der Waals surface area contributed by atoms with E-state index < -0.39 is 0 Å². The zero-order chi connectivity index (χ0) is 15.8. The SMILES string of the molecule is Sc1nc2c(COCc3cccc4sc(S)nc34)cccc2s1. The van der Waals surface area contributed by atoms with Crippen LogP contribution in [0, 0.1) is 0 Å². The lowest BCUT2D eigenvalue weighted by Gasteiger charge is -2.06. The smallest absolute Gasteiger partial charge is 0.148 e. The molecule has 0 saturated heterocycles. The van der Waals surface area contributed by atoms with Crippen molar-refractivity contribution in [2.45, 2.75) is 21.9 Å². The minimum atomic E-state index is 0.516. The summed E-state index contributed by atoms with van der Waals surface area (Å²) in [5, 5.41) is 0. The Labute approximate surface area is 152 Å². The van der Waals surface area contributed by atoms with E-state index in [1.165, 1.54) is 0 Å². The van der Waals surface area contributed by atoms with E-state index in [1.54, 1.807) is 22.7 Å². The molecular weight excluding hydrogens is 364 g/mol. The average Bonchev–Trinajstić information content (AvgIpc) is 3.09. The molecule has 7 heteroatoms. The fourth-order valence-corrected chi connectivity index (χ4v) is 4.79. The summed E-state index contributed by atoms with van der Waals surface area (Å²) in [6, 6.07) is 12.3. The van der Waals surface area contributed by atoms with Crippen LogP contribution in [0.3, 0.4) is 0 Å². The van der Waals surface area contributed by atoms with E-state index in [9.17, 15) is 0 Å². The number of nitrogens with zero attached hydrogens (tertiary/aromatic N) is 2. The van der Waals surface area contributed by atoms with Crippen molar-refractivity contribution in [1.82, 2.24) is 9.97 Å². The standard InChI is InChI=1S/C16H12N2OS4/c20-15-17-13-9(3-1-5-11(13)22-15)7-19-8-10-4-2-6-12-14(10)18-16(21)23-12/h1-6H,7-8H2,(H,17,20)(H,18,21). The van der Waals surface area contributed by atoms with Crippen LogP contribution in [0.4, 0.5) is 0 Å². The van der Waals surface area contributed by atoms with Gasteiger partial charge in [-0.2, -0.15) is 0 Å². The summed E-state index contributed by atoms with van der Waals surface area (Å²) in [6.45, 7) is 1.03. The molecule has 0 amide bonds. The average molecular weight is 377 g/mol. The van der Waals surface area contributed by atoms with Gasteiger partial charge in [0.05, 0.1) is 33.6 Å². The second-order valence-electron chi connectivity index (χ2n) is 5.01. The maximum absolute atomic E-state index is 5.92. The minimum Gasteiger partial charge on any atom is -0.372 e. The van der Waals surface area contributed by atoms with Gasteiger partial charge in [-0.25, -0.2) is 9.97 Å². The highest BCUT2D eigenvalue weighted by atomic mass is 32.2. The van der Waals surface area contributed by atoms with E-state index in [1.807, 2.05) is 24.3 Å². The van der Waals surface area contributed by atoms with Gasteiger partial charge in [0, 0.05) is 11.1 Å². The number of para-hydroxylation sites is 2. The van der Waals surface area contributed by atoms with Gasteiger partial charge in [0.15, 0.2) is 0 Å². The molecule has 0 aliphatic heterocycles. The molecule has 2 aromatic heterocycles. The number of fused-ring (bicyclic) bond motifs is 2. The quantitative estimate of drug-likeness (QED) is 0.481. The fraction of sp³-hybridized carbons (Fsp3) is 0.125. The first-order chi connectivity index (χ1) is 11.2. The molecule has 0 fully saturated rings. The monoisotopic (exact) mass is 376 g/mol. The van der Waals surface area contributed by atoms with Crippen LogP contribution in [-0.2, 0) is 18.0 Å². The first-order valence-electron chi connectivity index (χ1n) is 6.93. The van der Waals surface area contributed by atoms with Crippen LogP contribution in [-0.4, -0.2) is 9.97 Å². The first-order valence-corrected chi connectivity index (χ1v) is 9.46. The van der Waals surface area contributed by atoms with Gasteiger partial charge in [-0.05, 0) is 12.1 Å². The second kappa shape index (κ2) is 6.41. The van der Waals surface area contributed by atoms with Crippen LogP contribution in [0.1, 0.15) is 11.1 Å². The number of aromatic nitrogens is 2. The van der Waals surface area contributed by atoms with Gasteiger partial charge in [0.2, 0.25) is 0 Å². The van der Waals surface area contributed by atoms with E-state index in [0.717, 1.165) is 40.2 Å². The summed E-state index contributed by atoms with van der Waals surface area (Å²) >= 11 is 11.8. The Morgan fingerprint density at radius 2 is 1.26 bits per heavy atom. The van der Waals surface area contributed by atoms with Crippen molar-refractivity contribution in [3.05, 3.63) is 47.5 Å². The summed E-state index contributed by atoms with van der Waals surface area (Å²) in [6.07, 6.45) is 0. The molecule has 116 valence electrons. The molecule has 0 radical (unpaired) electrons. The summed E-state index contributed by atoms with van der Waals surface area (Å²) < 4.78 is 9.75. The second-order valence-corrected chi connectivity index (χ2v) is 8.53. The molecule has 23 heavy (non-hydrogen) atoms. The normalized spacial score (nSPS) is 11.6. The van der Waals surface area contributed by atoms with Gasteiger partial charge in [0.25, 0.3) is 0 Å². The third-order valence-corrected chi connectivity index (χ3v) is 5.89. The minimum absolute atomic E-state index is 0.516. The van der Waals surface area contributed by atoms with Crippen molar-refractivity contribution in [3.63, 3.8) is 0 Å². The summed E-state index contributed by atoms with van der Waals surface area (Å²) in [4.78, 5) is 8.95. The van der Waals surface area contributed by atoms with Crippen molar-refractivity contribution in [2.75, 3.05) is 0 Å². The maximum Gasteiger partial charge on any atom is 0.148 e. The lowest BCUT2D eigenvalue weighted by Crippen LogP contribution is -1.96. The Morgan fingerprint density at radius 3 is 1.74 bits per heavy atom. The Bertz CT molecular complexity index is 912. The lowest BCUT2D eigenvalue weighted by molar-refractivity contribution is 0.108. The topological polar surface area (TPSA) is 35.0 Å². The van der Waals surface area contributed by atoms with Crippen LogP contribution < -0.4 is 0 Å². The highest BCUT2D eigenvalue weighted by Gasteiger charge is 2.09. The highest BCUT2D eigenvalue weighted by molar-refractivity contribution is 7.83. The van der Waals surface area contributed by atoms with Crippen molar-refractivity contribution < 1.29 is 4.74 Å². The van der Waals surface area contributed by atoms with Crippen LogP contribution in [0.5, 0.6) is 0 Å². The van der Waals surface area contributed by atoms with Gasteiger partial charge >= 0.3 is 0 Å². The molecule has 4 rings (SSSR count). The molecule has 0 spiro atoms. The molecular formula is C16H12N2OS4. The van der Waals surface area contributed by atoms with Gasteiger partial charge in [0.1, 0.15) is 8.68 Å². The summed E-state index contributed by atoms with van der Waals surface area (Å²) in [7, 11) is 0. The molecule has 0 N–H and O–H groups in total. The number of benzene rings is 2. The third kappa shape index (κ3) is 3.12. The highest BCUT2D eigenvalue weighted by Crippen LogP contribution is 2.29. The lowest BCUT2D eigenvalue weighted by atomic mass is 10.2. The van der Waals surface area contributed by atoms with E-state index >= 15 is 0 Å². The third-order valence-electron chi connectivity index (χ3n) is 3.50. The summed E-state index contributed by atoms with van der Waals surface area (Å²) in [5.41, 5.74) is 4.12. The van der Waals surface area contributed by atoms with Gasteiger partial charge in [-0.15, -0.1) is 47.9 Å². The van der Waals surface area contributed by atoms with Crippen molar-refractivity contribution in [2.24, 2.45) is 0 Å².